The lowest BCUT2D eigenvalue weighted by atomic mass is 10.0. The van der Waals surface area contributed by atoms with Gasteiger partial charge in [-0.3, -0.25) is 0 Å². The van der Waals surface area contributed by atoms with E-state index in [1.807, 2.05) is 62.4 Å². The van der Waals surface area contributed by atoms with Crippen LogP contribution in [-0.4, -0.2) is 55.5 Å². The molecular formula is C41H32O8. The van der Waals surface area contributed by atoms with Crippen LogP contribution in [0.1, 0.15) is 42.2 Å². The predicted octanol–water partition coefficient (Wildman–Crippen LogP) is 7.53. The van der Waals surface area contributed by atoms with Crippen molar-refractivity contribution < 1.29 is 38.1 Å². The minimum absolute atomic E-state index is 0.129. The maximum absolute atomic E-state index is 13.2. The molecule has 4 atom stereocenters. The summed E-state index contributed by atoms with van der Waals surface area (Å²) >= 11 is 0. The highest BCUT2D eigenvalue weighted by Gasteiger charge is 2.51. The van der Waals surface area contributed by atoms with E-state index in [0.29, 0.717) is 22.4 Å². The first-order chi connectivity index (χ1) is 23.8. The molecule has 0 unspecified atom stereocenters. The van der Waals surface area contributed by atoms with Gasteiger partial charge in [0.15, 0.2) is 12.2 Å². The maximum atomic E-state index is 13.2. The van der Waals surface area contributed by atoms with E-state index in [1.165, 1.54) is 0 Å². The Hall–Kier alpha value is -5.57. The monoisotopic (exact) mass is 652 g/mol. The number of carbonyl (C=O) groups excluding carboxylic acids is 3. The molecule has 0 aliphatic carbocycles. The molecule has 8 heteroatoms. The van der Waals surface area contributed by atoms with E-state index in [-0.39, 0.29) is 13.2 Å². The summed E-state index contributed by atoms with van der Waals surface area (Å²) in [5.41, 5.74) is 3.57. The Labute approximate surface area is 282 Å². The second-order valence-corrected chi connectivity index (χ2v) is 12.7. The Balaban J connectivity index is 0.890. The number of benzene rings is 6. The zero-order valence-corrected chi connectivity index (χ0v) is 26.9. The van der Waals surface area contributed by atoms with E-state index in [2.05, 4.69) is 12.1 Å². The van der Waals surface area contributed by atoms with Crippen LogP contribution < -0.4 is 4.74 Å². The van der Waals surface area contributed by atoms with Gasteiger partial charge in [-0.2, -0.15) is 0 Å². The van der Waals surface area contributed by atoms with Gasteiger partial charge in [-0.1, -0.05) is 71.8 Å². The van der Waals surface area contributed by atoms with Crippen LogP contribution >= 0.6 is 0 Å². The number of esters is 3. The molecule has 0 bridgehead atoms. The molecule has 8 nitrogen and oxygen atoms in total. The smallest absolute Gasteiger partial charge is 0.343 e. The van der Waals surface area contributed by atoms with E-state index < -0.39 is 42.3 Å². The Bertz CT molecular complexity index is 2290. The predicted molar refractivity (Wildman–Crippen MR) is 184 cm³/mol. The highest BCUT2D eigenvalue weighted by molar-refractivity contribution is 5.99. The van der Waals surface area contributed by atoms with Gasteiger partial charge in [0.1, 0.15) is 18.0 Å². The summed E-state index contributed by atoms with van der Waals surface area (Å²) in [4.78, 5) is 39.1. The van der Waals surface area contributed by atoms with Gasteiger partial charge in [-0.15, -0.1) is 0 Å². The van der Waals surface area contributed by atoms with Gasteiger partial charge < -0.3 is 23.7 Å². The van der Waals surface area contributed by atoms with Crippen LogP contribution in [0.25, 0.3) is 32.3 Å². The number of hydrogen-bond donors (Lipinski definition) is 0. The lowest BCUT2D eigenvalue weighted by Crippen LogP contribution is -2.36. The fourth-order valence-corrected chi connectivity index (χ4v) is 6.61. The second kappa shape index (κ2) is 12.5. The van der Waals surface area contributed by atoms with Gasteiger partial charge in [0.05, 0.1) is 29.9 Å². The van der Waals surface area contributed by atoms with Crippen molar-refractivity contribution in [3.05, 3.63) is 137 Å². The average Bonchev–Trinajstić information content (AvgIpc) is 3.70. The molecule has 2 heterocycles. The Morgan fingerprint density at radius 2 is 0.878 bits per heavy atom. The zero-order chi connectivity index (χ0) is 33.6. The van der Waals surface area contributed by atoms with Crippen LogP contribution in [0.5, 0.6) is 5.75 Å². The summed E-state index contributed by atoms with van der Waals surface area (Å²) in [7, 11) is 0. The van der Waals surface area contributed by atoms with Crippen molar-refractivity contribution in [2.24, 2.45) is 0 Å². The largest absolute Gasteiger partial charge is 0.453 e. The second-order valence-electron chi connectivity index (χ2n) is 12.7. The standard InChI is InChI=1S/C41H32O8/c1-23-3-5-27-17-31(10-7-25(27)15-23)39(42)47-34-14-13-29-19-33(12-9-30(29)20-34)41(44)49-36-22-46-37-35(21-45-38(36)37)48-40(43)32-11-8-26-16-24(2)4-6-28(26)18-32/h3-20,35-38H,21-22H2,1-2H3/t35-,36-,37-,38-/m1/s1. The van der Waals surface area contributed by atoms with E-state index in [1.54, 1.807) is 48.5 Å². The molecule has 0 amide bonds. The highest BCUT2D eigenvalue weighted by atomic mass is 16.7. The third-order valence-electron chi connectivity index (χ3n) is 9.20. The van der Waals surface area contributed by atoms with E-state index in [0.717, 1.165) is 43.4 Å². The first kappa shape index (κ1) is 30.7. The lowest BCUT2D eigenvalue weighted by molar-refractivity contribution is -0.0287. The van der Waals surface area contributed by atoms with Crippen molar-refractivity contribution in [1.29, 1.82) is 0 Å². The summed E-state index contributed by atoms with van der Waals surface area (Å²) in [6, 6.07) is 33.5. The number of fused-ring (bicyclic) bond motifs is 4. The molecule has 2 fully saturated rings. The molecule has 0 N–H and O–H groups in total. The quantitative estimate of drug-likeness (QED) is 0.135. The summed E-state index contributed by atoms with van der Waals surface area (Å²) in [5.74, 6) is -1.03. The molecule has 8 rings (SSSR count). The topological polar surface area (TPSA) is 97.4 Å². The summed E-state index contributed by atoms with van der Waals surface area (Å²) < 4.78 is 29.1. The molecule has 0 radical (unpaired) electrons. The molecule has 0 spiro atoms. The number of hydrogen-bond acceptors (Lipinski definition) is 8. The Morgan fingerprint density at radius 1 is 0.490 bits per heavy atom. The minimum atomic E-state index is -0.651. The van der Waals surface area contributed by atoms with Crippen molar-refractivity contribution in [3.63, 3.8) is 0 Å². The van der Waals surface area contributed by atoms with Crippen molar-refractivity contribution >= 4 is 50.2 Å². The van der Waals surface area contributed by atoms with Crippen molar-refractivity contribution in [3.8, 4) is 5.75 Å². The summed E-state index contributed by atoms with van der Waals surface area (Å²) in [6.45, 7) is 4.33. The average molecular weight is 653 g/mol. The van der Waals surface area contributed by atoms with Crippen LogP contribution in [-0.2, 0) is 18.9 Å². The van der Waals surface area contributed by atoms with E-state index in [9.17, 15) is 14.4 Å². The number of rotatable bonds is 6. The van der Waals surface area contributed by atoms with Gasteiger partial charge >= 0.3 is 17.9 Å². The molecule has 49 heavy (non-hydrogen) atoms. The van der Waals surface area contributed by atoms with Gasteiger partial charge in [0.2, 0.25) is 0 Å². The van der Waals surface area contributed by atoms with Gasteiger partial charge in [-0.25, -0.2) is 14.4 Å². The van der Waals surface area contributed by atoms with Gasteiger partial charge in [0.25, 0.3) is 0 Å². The van der Waals surface area contributed by atoms with Crippen LogP contribution in [0.4, 0.5) is 0 Å². The van der Waals surface area contributed by atoms with Crippen molar-refractivity contribution in [1.82, 2.24) is 0 Å². The number of carbonyl (C=O) groups is 3. The molecule has 2 aliphatic heterocycles. The molecule has 0 aromatic heterocycles. The normalized spacial score (nSPS) is 20.0. The summed E-state index contributed by atoms with van der Waals surface area (Å²) in [5, 5.41) is 5.61. The maximum Gasteiger partial charge on any atom is 0.343 e. The SMILES string of the molecule is Cc1ccc2cc(C(=O)Oc3ccc4cc(C(=O)O[C@@H]5CO[C@H]6[C@@H]5OC[C@H]6OC(=O)c5ccc6cc(C)ccc6c5)ccc4c3)ccc2c1. The lowest BCUT2D eigenvalue weighted by Gasteiger charge is -2.17. The van der Waals surface area contributed by atoms with Gasteiger partial charge in [-0.05, 0) is 94.7 Å². The first-order valence-corrected chi connectivity index (χ1v) is 16.2. The van der Waals surface area contributed by atoms with E-state index in [4.69, 9.17) is 23.7 Å². The Morgan fingerprint density at radius 3 is 1.37 bits per heavy atom. The minimum Gasteiger partial charge on any atom is -0.453 e. The fourth-order valence-electron chi connectivity index (χ4n) is 6.61. The van der Waals surface area contributed by atoms with Crippen LogP contribution in [0.15, 0.2) is 109 Å². The molecular weight excluding hydrogens is 620 g/mol. The first-order valence-electron chi connectivity index (χ1n) is 16.2. The third kappa shape index (κ3) is 6.12. The number of ether oxygens (including phenoxy) is 5. The summed E-state index contributed by atoms with van der Waals surface area (Å²) in [6.07, 6.45) is -2.36. The van der Waals surface area contributed by atoms with Crippen LogP contribution in [0, 0.1) is 13.8 Å². The van der Waals surface area contributed by atoms with Crippen LogP contribution in [0.2, 0.25) is 0 Å². The molecule has 2 saturated heterocycles. The van der Waals surface area contributed by atoms with Gasteiger partial charge in [0, 0.05) is 0 Å². The highest BCUT2D eigenvalue weighted by Crippen LogP contribution is 2.32. The van der Waals surface area contributed by atoms with Crippen molar-refractivity contribution in [2.75, 3.05) is 13.2 Å². The van der Waals surface area contributed by atoms with Crippen LogP contribution in [0.3, 0.4) is 0 Å². The molecule has 2 aliphatic rings. The fraction of sp³-hybridized carbons (Fsp3) is 0.195. The number of aryl methyl sites for hydroxylation is 2. The molecule has 6 aromatic rings. The molecule has 244 valence electrons. The van der Waals surface area contributed by atoms with Crippen molar-refractivity contribution in [2.45, 2.75) is 38.3 Å². The molecule has 0 saturated carbocycles. The Kier molecular flexibility index (Phi) is 7.82. The zero-order valence-electron chi connectivity index (χ0n) is 26.9. The molecule has 6 aromatic carbocycles. The van der Waals surface area contributed by atoms with E-state index >= 15 is 0 Å². The third-order valence-corrected chi connectivity index (χ3v) is 9.20.